The monoisotopic (exact) mass is 701 g/mol. The summed E-state index contributed by atoms with van der Waals surface area (Å²) in [6, 6.07) is 0. The van der Waals surface area contributed by atoms with Crippen molar-refractivity contribution in [3.8, 4) is 0 Å². The van der Waals surface area contributed by atoms with Crippen molar-refractivity contribution in [1.82, 2.24) is 5.32 Å². The van der Waals surface area contributed by atoms with Gasteiger partial charge in [-0.3, -0.25) is 14.4 Å². The average Bonchev–Trinajstić information content (AvgIpc) is 3.79. The number of ketones is 2. The summed E-state index contributed by atoms with van der Waals surface area (Å²) in [6.07, 6.45) is 7.22. The van der Waals surface area contributed by atoms with Gasteiger partial charge in [0.25, 0.3) is 0 Å². The maximum absolute atomic E-state index is 13.5. The minimum Gasteiger partial charge on any atom is -0.451 e. The number of epoxide rings is 1. The van der Waals surface area contributed by atoms with E-state index in [9.17, 15) is 29.4 Å². The molecule has 1 amide bonds. The molecule has 7 aliphatic heterocycles. The summed E-state index contributed by atoms with van der Waals surface area (Å²) >= 11 is 0. The Bertz CT molecular complexity index is 1390. The second kappa shape index (κ2) is 15.5. The van der Waals surface area contributed by atoms with E-state index in [1.54, 1.807) is 25.2 Å². The van der Waals surface area contributed by atoms with Gasteiger partial charge in [-0.1, -0.05) is 32.9 Å². The number of ether oxygens (including phenoxy) is 5. The molecule has 1 spiro atoms. The Balaban J connectivity index is 1.36. The maximum Gasteiger partial charge on any atom is 0.331 e. The van der Waals surface area contributed by atoms with Crippen LogP contribution in [0, 0.1) is 11.8 Å². The van der Waals surface area contributed by atoms with Crippen molar-refractivity contribution in [2.45, 2.75) is 165 Å². The van der Waals surface area contributed by atoms with Gasteiger partial charge in [-0.2, -0.15) is 0 Å². The van der Waals surface area contributed by atoms with E-state index in [4.69, 9.17) is 23.7 Å². The van der Waals surface area contributed by atoms with Gasteiger partial charge in [0.1, 0.15) is 29.7 Å². The first-order valence-corrected chi connectivity index (χ1v) is 18.2. The van der Waals surface area contributed by atoms with Crippen molar-refractivity contribution in [2.24, 2.45) is 11.8 Å². The molecule has 4 saturated heterocycles. The number of aliphatic hydroxyl groups excluding tert-OH is 1. The van der Waals surface area contributed by atoms with E-state index in [2.05, 4.69) is 12.2 Å². The fourth-order valence-electron chi connectivity index (χ4n) is 7.79. The third-order valence-electron chi connectivity index (χ3n) is 11.3. The fourth-order valence-corrected chi connectivity index (χ4v) is 7.79. The molecule has 50 heavy (non-hydrogen) atoms. The topological polar surface area (TPSA) is 170 Å². The SMILES string of the molecule is CCCC(=O)NC=CC=CCC1OC(=O)C=C(C)C(C)(O)C(O)C2OC2C2CCC3OC4(CCC3(C)O2)OC(CC(=O)C(C)CC1=O)CC4C. The minimum atomic E-state index is -1.85. The number of aliphatic hydroxyl groups is 2. The molecule has 7 rings (SSSR count). The Morgan fingerprint density at radius 1 is 1.02 bits per heavy atom. The van der Waals surface area contributed by atoms with Crippen LogP contribution in [0.15, 0.2) is 36.1 Å². The number of esters is 1. The van der Waals surface area contributed by atoms with Crippen LogP contribution in [0.3, 0.4) is 0 Å². The number of hydrogen-bond donors (Lipinski definition) is 3. The summed E-state index contributed by atoms with van der Waals surface area (Å²) < 4.78 is 31.4. The van der Waals surface area contributed by atoms with Crippen LogP contribution in [0.4, 0.5) is 0 Å². The summed E-state index contributed by atoms with van der Waals surface area (Å²) in [7, 11) is 0. The molecule has 278 valence electrons. The maximum atomic E-state index is 13.5. The summed E-state index contributed by atoms with van der Waals surface area (Å²) in [5.74, 6) is -2.95. The number of nitrogens with one attached hydrogen (secondary N) is 1. The number of rotatable bonds is 6. The number of fused-ring (bicyclic) bond motifs is 2. The van der Waals surface area contributed by atoms with E-state index >= 15 is 0 Å². The summed E-state index contributed by atoms with van der Waals surface area (Å²) in [5, 5.41) is 25.3. The number of Topliss-reactive ketones (excluding diaryl/α,β-unsaturated/α-hetero) is 2. The molecule has 7 heterocycles. The van der Waals surface area contributed by atoms with Gasteiger partial charge in [0.05, 0.1) is 23.9 Å². The summed E-state index contributed by atoms with van der Waals surface area (Å²) in [6.45, 7) is 10.6. The lowest BCUT2D eigenvalue weighted by Crippen LogP contribution is -2.60. The van der Waals surface area contributed by atoms with E-state index in [1.807, 2.05) is 13.8 Å². The van der Waals surface area contributed by atoms with Gasteiger partial charge in [-0.25, -0.2) is 4.79 Å². The van der Waals surface area contributed by atoms with Gasteiger partial charge in [-0.15, -0.1) is 0 Å². The van der Waals surface area contributed by atoms with Gasteiger partial charge in [0.15, 0.2) is 17.7 Å². The molecule has 7 aliphatic rings. The van der Waals surface area contributed by atoms with Crippen molar-refractivity contribution in [2.75, 3.05) is 0 Å². The Hall–Kier alpha value is -2.74. The predicted octanol–water partition coefficient (Wildman–Crippen LogP) is 3.91. The number of allylic oxidation sites excluding steroid dienone is 2. The first-order chi connectivity index (χ1) is 23.6. The van der Waals surface area contributed by atoms with E-state index in [1.165, 1.54) is 20.0 Å². The minimum absolute atomic E-state index is 0.0206. The molecular formula is C38H55NO11. The second-order valence-electron chi connectivity index (χ2n) is 15.3. The number of hydrogen-bond acceptors (Lipinski definition) is 11. The molecule has 12 atom stereocenters. The Morgan fingerprint density at radius 3 is 2.52 bits per heavy atom. The average molecular weight is 702 g/mol. The van der Waals surface area contributed by atoms with Crippen LogP contribution in [0.5, 0.6) is 0 Å². The first-order valence-electron chi connectivity index (χ1n) is 18.2. The lowest BCUT2D eigenvalue weighted by atomic mass is 9.78. The van der Waals surface area contributed by atoms with Gasteiger partial charge in [0, 0.05) is 56.2 Å². The van der Waals surface area contributed by atoms with E-state index in [-0.39, 0.29) is 60.8 Å². The summed E-state index contributed by atoms with van der Waals surface area (Å²) in [4.78, 5) is 51.8. The zero-order valence-corrected chi connectivity index (χ0v) is 30.2. The van der Waals surface area contributed by atoms with E-state index in [0.29, 0.717) is 38.5 Å². The molecule has 0 aliphatic carbocycles. The highest BCUT2D eigenvalue weighted by Crippen LogP contribution is 2.52. The quantitative estimate of drug-likeness (QED) is 0.209. The lowest BCUT2D eigenvalue weighted by Gasteiger charge is -2.53. The predicted molar refractivity (Wildman–Crippen MR) is 181 cm³/mol. The Morgan fingerprint density at radius 2 is 1.78 bits per heavy atom. The largest absolute Gasteiger partial charge is 0.451 e. The number of carbonyl (C=O) groups is 4. The molecule has 12 unspecified atom stereocenters. The lowest BCUT2D eigenvalue weighted by molar-refractivity contribution is -0.344. The first kappa shape index (κ1) is 38.5. The van der Waals surface area contributed by atoms with Crippen LogP contribution in [0.2, 0.25) is 0 Å². The molecule has 0 saturated carbocycles. The van der Waals surface area contributed by atoms with Gasteiger partial charge in [-0.05, 0) is 64.5 Å². The van der Waals surface area contributed by atoms with Crippen LogP contribution >= 0.6 is 0 Å². The highest BCUT2D eigenvalue weighted by molar-refractivity contribution is 5.92. The molecule has 0 aromatic carbocycles. The normalized spacial score (nSPS) is 42.9. The molecule has 12 heteroatoms. The number of amides is 1. The van der Waals surface area contributed by atoms with Crippen molar-refractivity contribution >= 4 is 23.4 Å². The zero-order chi connectivity index (χ0) is 36.4. The Kier molecular flexibility index (Phi) is 11.9. The molecule has 0 aromatic rings. The molecular weight excluding hydrogens is 646 g/mol. The van der Waals surface area contributed by atoms with Crippen LogP contribution in [-0.4, -0.2) is 93.4 Å². The van der Waals surface area contributed by atoms with Gasteiger partial charge in [0.2, 0.25) is 5.91 Å². The third kappa shape index (κ3) is 8.48. The Labute approximate surface area is 294 Å². The van der Waals surface area contributed by atoms with E-state index < -0.39 is 59.1 Å². The summed E-state index contributed by atoms with van der Waals surface area (Å²) in [5.41, 5.74) is -2.31. The van der Waals surface area contributed by atoms with Crippen LogP contribution in [-0.2, 0) is 42.9 Å². The molecule has 5 bridgehead atoms. The van der Waals surface area contributed by atoms with E-state index in [0.717, 1.165) is 12.5 Å². The van der Waals surface area contributed by atoms with Gasteiger partial charge >= 0.3 is 5.97 Å². The zero-order valence-electron chi connectivity index (χ0n) is 30.2. The van der Waals surface area contributed by atoms with Crippen molar-refractivity contribution in [3.05, 3.63) is 36.1 Å². The third-order valence-corrected chi connectivity index (χ3v) is 11.3. The molecule has 0 radical (unpaired) electrons. The highest BCUT2D eigenvalue weighted by atomic mass is 16.7. The smallest absolute Gasteiger partial charge is 0.331 e. The van der Waals surface area contributed by atoms with Crippen LogP contribution < -0.4 is 5.32 Å². The fraction of sp³-hybridized carbons (Fsp3) is 0.737. The highest BCUT2D eigenvalue weighted by Gasteiger charge is 2.61. The van der Waals surface area contributed by atoms with Crippen LogP contribution in [0.25, 0.3) is 0 Å². The molecule has 0 aromatic heterocycles. The standard InChI is InChI=1S/C38H55NO11/c1-7-11-31(42)39-17-10-8-9-12-28-27(41)18-22(2)26(40)21-25-19-24(4)38(48-25)16-15-36(5)30(50-38)14-13-29(49-36)33-34(47-33)35(44)37(6,45)23(3)20-32(43)46-28/h8-10,17,20,22,24-25,28-30,33-35,44-45H,7,11-16,18-19,21H2,1-6H3,(H,39,42). The second-order valence-corrected chi connectivity index (χ2v) is 15.3. The van der Waals surface area contributed by atoms with Crippen LogP contribution in [0.1, 0.15) is 106 Å². The van der Waals surface area contributed by atoms with Crippen molar-refractivity contribution in [1.29, 1.82) is 0 Å². The molecule has 3 N–H and O–H groups in total. The molecule has 4 fully saturated rings. The van der Waals surface area contributed by atoms with Gasteiger partial charge < -0.3 is 39.2 Å². The van der Waals surface area contributed by atoms with Crippen molar-refractivity contribution < 1.29 is 53.1 Å². The van der Waals surface area contributed by atoms with Crippen molar-refractivity contribution in [3.63, 3.8) is 0 Å². The number of carbonyl (C=O) groups excluding carboxylic acids is 4. The molecule has 12 nitrogen and oxygen atoms in total.